The van der Waals surface area contributed by atoms with Crippen molar-refractivity contribution in [3.05, 3.63) is 51.4 Å². The molecular formula is C19H21BrN2O2S. The van der Waals surface area contributed by atoms with E-state index in [0.29, 0.717) is 24.7 Å². The van der Waals surface area contributed by atoms with Gasteiger partial charge in [-0.1, -0.05) is 26.0 Å². The average Bonchev–Trinajstić information content (AvgIpc) is 3.10. The number of ether oxygens (including phenoxy) is 1. The third-order valence-corrected chi connectivity index (χ3v) is 5.54. The Hall–Kier alpha value is -1.79. The highest BCUT2D eigenvalue weighted by molar-refractivity contribution is 9.11. The van der Waals surface area contributed by atoms with Crippen molar-refractivity contribution >= 4 is 43.4 Å². The second-order valence-electron chi connectivity index (χ2n) is 6.37. The molecule has 1 N–H and O–H groups in total. The van der Waals surface area contributed by atoms with Crippen LogP contribution in [-0.4, -0.2) is 24.1 Å². The number of halogens is 1. The van der Waals surface area contributed by atoms with Crippen molar-refractivity contribution in [2.24, 2.45) is 5.92 Å². The Balaban J connectivity index is 1.95. The molecule has 0 unspecified atom stereocenters. The first-order valence-electron chi connectivity index (χ1n) is 8.17. The molecule has 3 aromatic rings. The summed E-state index contributed by atoms with van der Waals surface area (Å²) in [7, 11) is 1.66. The number of carbonyl (C=O) groups is 1. The number of hydrogen-bond acceptors (Lipinski definition) is 3. The topological polar surface area (TPSA) is 43.3 Å². The van der Waals surface area contributed by atoms with Gasteiger partial charge in [-0.15, -0.1) is 11.3 Å². The Morgan fingerprint density at radius 3 is 2.64 bits per heavy atom. The van der Waals surface area contributed by atoms with Gasteiger partial charge in [-0.3, -0.25) is 4.79 Å². The molecule has 0 atom stereocenters. The molecule has 3 rings (SSSR count). The molecule has 0 aliphatic carbocycles. The number of carbonyl (C=O) groups excluding carboxylic acids is 1. The summed E-state index contributed by atoms with van der Waals surface area (Å²) in [6.07, 6.45) is 0. The van der Waals surface area contributed by atoms with Crippen LogP contribution in [0, 0.1) is 5.92 Å². The van der Waals surface area contributed by atoms with Crippen molar-refractivity contribution in [2.45, 2.75) is 20.4 Å². The lowest BCUT2D eigenvalue weighted by molar-refractivity contribution is 0.0940. The lowest BCUT2D eigenvalue weighted by Gasteiger charge is -2.12. The number of hydrogen-bond donors (Lipinski definition) is 1. The Labute approximate surface area is 159 Å². The molecule has 0 saturated heterocycles. The van der Waals surface area contributed by atoms with Gasteiger partial charge < -0.3 is 14.6 Å². The summed E-state index contributed by atoms with van der Waals surface area (Å²) in [5, 5.41) is 3.02. The second kappa shape index (κ2) is 7.62. The first-order valence-corrected chi connectivity index (χ1v) is 9.78. The van der Waals surface area contributed by atoms with Gasteiger partial charge >= 0.3 is 0 Å². The standard InChI is InChI=1S/C19H21BrN2O2S/c1-12(2)10-21-19(23)16-8-17-15(9-18(20)25-17)22(16)11-13-4-6-14(24-3)7-5-13/h4-9,12H,10-11H2,1-3H3,(H,21,23). The van der Waals surface area contributed by atoms with Gasteiger partial charge in [0.05, 0.1) is 21.1 Å². The Morgan fingerprint density at radius 1 is 1.28 bits per heavy atom. The Bertz CT molecular complexity index is 881. The third kappa shape index (κ3) is 4.07. The molecule has 132 valence electrons. The predicted octanol–water partition coefficient (Wildman–Crippen LogP) is 4.91. The van der Waals surface area contributed by atoms with E-state index < -0.39 is 0 Å². The number of aromatic nitrogens is 1. The molecule has 0 fully saturated rings. The van der Waals surface area contributed by atoms with E-state index in [2.05, 4.69) is 45.7 Å². The van der Waals surface area contributed by atoms with Gasteiger partial charge in [0.25, 0.3) is 5.91 Å². The van der Waals surface area contributed by atoms with Crippen molar-refractivity contribution in [3.63, 3.8) is 0 Å². The minimum Gasteiger partial charge on any atom is -0.497 e. The fourth-order valence-electron chi connectivity index (χ4n) is 2.67. The van der Waals surface area contributed by atoms with Crippen LogP contribution in [0.1, 0.15) is 29.9 Å². The zero-order valence-corrected chi connectivity index (χ0v) is 16.9. The summed E-state index contributed by atoms with van der Waals surface area (Å²) in [6, 6.07) is 12.0. The zero-order chi connectivity index (χ0) is 18.0. The van der Waals surface area contributed by atoms with Gasteiger partial charge in [-0.25, -0.2) is 0 Å². The van der Waals surface area contributed by atoms with Gasteiger partial charge in [-0.05, 0) is 51.7 Å². The SMILES string of the molecule is COc1ccc(Cn2c(C(=O)NCC(C)C)cc3sc(Br)cc32)cc1. The Morgan fingerprint density at radius 2 is 2.00 bits per heavy atom. The fourth-order valence-corrected chi connectivity index (χ4v) is 4.24. The van der Waals surface area contributed by atoms with Crippen LogP contribution in [0.3, 0.4) is 0 Å². The van der Waals surface area contributed by atoms with Crippen LogP contribution in [0.15, 0.2) is 40.2 Å². The van der Waals surface area contributed by atoms with Crippen molar-refractivity contribution in [1.82, 2.24) is 9.88 Å². The van der Waals surface area contributed by atoms with E-state index in [1.807, 2.05) is 30.3 Å². The van der Waals surface area contributed by atoms with Crippen LogP contribution >= 0.6 is 27.3 Å². The number of rotatable bonds is 6. The monoisotopic (exact) mass is 420 g/mol. The molecule has 0 aliphatic rings. The lowest BCUT2D eigenvalue weighted by Crippen LogP contribution is -2.29. The van der Waals surface area contributed by atoms with Crippen LogP contribution < -0.4 is 10.1 Å². The van der Waals surface area contributed by atoms with E-state index in [1.54, 1.807) is 18.4 Å². The van der Waals surface area contributed by atoms with E-state index in [-0.39, 0.29) is 5.91 Å². The molecule has 0 saturated carbocycles. The molecule has 0 bridgehead atoms. The maximum absolute atomic E-state index is 12.7. The predicted molar refractivity (Wildman–Crippen MR) is 107 cm³/mol. The molecule has 1 aromatic carbocycles. The van der Waals surface area contributed by atoms with Gasteiger partial charge in [0, 0.05) is 13.1 Å². The van der Waals surface area contributed by atoms with Gasteiger partial charge in [0.15, 0.2) is 0 Å². The second-order valence-corrected chi connectivity index (χ2v) is 8.83. The van der Waals surface area contributed by atoms with Crippen LogP contribution in [0.25, 0.3) is 10.2 Å². The molecule has 6 heteroatoms. The molecule has 0 spiro atoms. The number of nitrogens with zero attached hydrogens (tertiary/aromatic N) is 1. The number of fused-ring (bicyclic) bond motifs is 1. The van der Waals surface area contributed by atoms with Crippen LogP contribution in [0.4, 0.5) is 0 Å². The van der Waals surface area contributed by atoms with Crippen molar-refractivity contribution in [2.75, 3.05) is 13.7 Å². The molecular weight excluding hydrogens is 400 g/mol. The molecule has 0 aliphatic heterocycles. The van der Waals surface area contributed by atoms with Gasteiger partial charge in [0.1, 0.15) is 11.4 Å². The maximum atomic E-state index is 12.7. The van der Waals surface area contributed by atoms with Gasteiger partial charge in [0.2, 0.25) is 0 Å². The summed E-state index contributed by atoms with van der Waals surface area (Å²) < 4.78 is 9.47. The molecule has 2 heterocycles. The number of thiophene rings is 1. The molecule has 25 heavy (non-hydrogen) atoms. The highest BCUT2D eigenvalue weighted by atomic mass is 79.9. The maximum Gasteiger partial charge on any atom is 0.267 e. The van der Waals surface area contributed by atoms with Crippen molar-refractivity contribution < 1.29 is 9.53 Å². The minimum atomic E-state index is -0.0262. The number of nitrogens with one attached hydrogen (secondary N) is 1. The average molecular weight is 421 g/mol. The molecule has 2 aromatic heterocycles. The third-order valence-electron chi connectivity index (χ3n) is 3.96. The Kier molecular flexibility index (Phi) is 5.49. The normalized spacial score (nSPS) is 11.2. The number of methoxy groups -OCH3 is 1. The minimum absolute atomic E-state index is 0.0262. The van der Waals surface area contributed by atoms with Crippen LogP contribution in [-0.2, 0) is 6.54 Å². The van der Waals surface area contributed by atoms with E-state index in [1.165, 1.54) is 0 Å². The lowest BCUT2D eigenvalue weighted by atomic mass is 10.2. The summed E-state index contributed by atoms with van der Waals surface area (Å²) in [5.41, 5.74) is 2.89. The van der Waals surface area contributed by atoms with E-state index in [9.17, 15) is 4.79 Å². The van der Waals surface area contributed by atoms with Gasteiger partial charge in [-0.2, -0.15) is 0 Å². The first-order chi connectivity index (χ1) is 12.0. The van der Waals surface area contributed by atoms with Crippen molar-refractivity contribution in [3.8, 4) is 5.75 Å². The summed E-state index contributed by atoms with van der Waals surface area (Å²) in [5.74, 6) is 1.22. The van der Waals surface area contributed by atoms with Crippen molar-refractivity contribution in [1.29, 1.82) is 0 Å². The highest BCUT2D eigenvalue weighted by Gasteiger charge is 2.18. The summed E-state index contributed by atoms with van der Waals surface area (Å²) in [4.78, 5) is 12.7. The molecule has 1 amide bonds. The smallest absolute Gasteiger partial charge is 0.267 e. The highest BCUT2D eigenvalue weighted by Crippen LogP contribution is 2.33. The van der Waals surface area contributed by atoms with Crippen LogP contribution in [0.2, 0.25) is 0 Å². The summed E-state index contributed by atoms with van der Waals surface area (Å²) >= 11 is 5.18. The molecule has 4 nitrogen and oxygen atoms in total. The largest absolute Gasteiger partial charge is 0.497 e. The fraction of sp³-hybridized carbons (Fsp3) is 0.316. The quantitative estimate of drug-likeness (QED) is 0.615. The number of amides is 1. The zero-order valence-electron chi connectivity index (χ0n) is 14.5. The van der Waals surface area contributed by atoms with E-state index in [0.717, 1.165) is 25.3 Å². The van der Waals surface area contributed by atoms with Crippen LogP contribution in [0.5, 0.6) is 5.75 Å². The summed E-state index contributed by atoms with van der Waals surface area (Å²) in [6.45, 7) is 5.49. The van der Waals surface area contributed by atoms with E-state index >= 15 is 0 Å². The number of benzene rings is 1. The van der Waals surface area contributed by atoms with E-state index in [4.69, 9.17) is 4.74 Å². The molecule has 0 radical (unpaired) electrons. The first kappa shape index (κ1) is 18.0.